The van der Waals surface area contributed by atoms with Crippen LogP contribution in [0.1, 0.15) is 6.42 Å². The van der Waals surface area contributed by atoms with Gasteiger partial charge in [-0.15, -0.1) is 11.3 Å². The third-order valence-corrected chi connectivity index (χ3v) is 7.70. The molecule has 8 nitrogen and oxygen atoms in total. The molecule has 1 fully saturated rings. The van der Waals surface area contributed by atoms with E-state index in [1.807, 2.05) is 19.2 Å². The van der Waals surface area contributed by atoms with Crippen molar-refractivity contribution < 1.29 is 17.5 Å². The summed E-state index contributed by atoms with van der Waals surface area (Å²) < 4.78 is 45.8. The largest absolute Gasteiger partial charge is 0.497 e. The minimum atomic E-state index is -3.94. The predicted octanol–water partition coefficient (Wildman–Crippen LogP) is 4.44. The highest BCUT2D eigenvalue weighted by molar-refractivity contribution is 7.92. The predicted molar refractivity (Wildman–Crippen MR) is 131 cm³/mol. The van der Waals surface area contributed by atoms with E-state index < -0.39 is 20.7 Å². The van der Waals surface area contributed by atoms with Crippen molar-refractivity contribution in [3.05, 3.63) is 52.1 Å². The molecule has 1 aliphatic rings. The molecule has 0 aliphatic carbocycles. The average molecular weight is 513 g/mol. The van der Waals surface area contributed by atoms with Gasteiger partial charge in [-0.2, -0.15) is 4.21 Å². The molecule has 0 spiro atoms. The lowest BCUT2D eigenvalue weighted by Gasteiger charge is -2.24. The standard InChI is InChI=1S/C21H23ClFN5O3S2/c1-24-13-5-6-28(10-13)19-7-14(31-2)3-4-17(19)26-18-9-16(23)20(8-15(18)22)33(29,30)27-21-11-32-12-25-21/h3-4,7-9,11-13,24,26H,5-6,10H2,1-2H3,(H,27,29,30)/p+1. The minimum Gasteiger partial charge on any atom is -0.497 e. The maximum Gasteiger partial charge on any atom is 0.400 e. The van der Waals surface area contributed by atoms with Gasteiger partial charge >= 0.3 is 10.0 Å². The minimum absolute atomic E-state index is 0.101. The Morgan fingerprint density at radius 1 is 1.33 bits per heavy atom. The zero-order valence-electron chi connectivity index (χ0n) is 18.0. The number of rotatable bonds is 8. The topological polar surface area (TPSA) is 99.9 Å². The lowest BCUT2D eigenvalue weighted by atomic mass is 10.2. The van der Waals surface area contributed by atoms with Crippen molar-refractivity contribution in [2.45, 2.75) is 17.4 Å². The summed E-state index contributed by atoms with van der Waals surface area (Å²) in [5, 5.41) is 8.11. The van der Waals surface area contributed by atoms with Crippen molar-refractivity contribution in [3.8, 4) is 5.75 Å². The Morgan fingerprint density at radius 2 is 2.15 bits per heavy atom. The summed E-state index contributed by atoms with van der Waals surface area (Å²) in [5.41, 5.74) is 3.38. The normalized spacial score (nSPS) is 17.6. The molecule has 2 atom stereocenters. The zero-order chi connectivity index (χ0) is 23.6. The highest BCUT2D eigenvalue weighted by atomic mass is 35.5. The van der Waals surface area contributed by atoms with Crippen molar-refractivity contribution >= 4 is 55.8 Å². The first-order chi connectivity index (χ1) is 15.8. The number of aromatic nitrogens is 1. The number of ether oxygens (including phenoxy) is 1. The van der Waals surface area contributed by atoms with Crippen LogP contribution >= 0.6 is 22.9 Å². The molecule has 4 rings (SSSR count). The lowest BCUT2D eigenvalue weighted by molar-refractivity contribution is 0.415. The molecule has 3 aromatic rings. The van der Waals surface area contributed by atoms with Gasteiger partial charge in [0.2, 0.25) is 0 Å². The second-order valence-electron chi connectivity index (χ2n) is 7.49. The molecule has 0 saturated carbocycles. The van der Waals surface area contributed by atoms with Gasteiger partial charge in [0.1, 0.15) is 5.75 Å². The maximum absolute atomic E-state index is 14.9. The summed E-state index contributed by atoms with van der Waals surface area (Å²) in [7, 11) is -0.403. The molecule has 1 saturated heterocycles. The molecule has 12 heteroatoms. The Morgan fingerprint density at radius 3 is 2.82 bits per heavy atom. The summed E-state index contributed by atoms with van der Waals surface area (Å²) in [6.45, 7) is 1.66. The number of nitrogens with zero attached hydrogens (tertiary/aromatic N) is 2. The van der Waals surface area contributed by atoms with E-state index in [9.17, 15) is 12.8 Å². The Kier molecular flexibility index (Phi) is 6.94. The fraction of sp³-hybridized carbons (Fsp3) is 0.286. The fourth-order valence-corrected chi connectivity index (χ4v) is 5.60. The summed E-state index contributed by atoms with van der Waals surface area (Å²) >= 11 is 7.65. The maximum atomic E-state index is 14.9. The van der Waals surface area contributed by atoms with Crippen LogP contribution in [0.5, 0.6) is 5.75 Å². The highest BCUT2D eigenvalue weighted by Gasteiger charge is 2.28. The first kappa shape index (κ1) is 23.6. The van der Waals surface area contributed by atoms with Crippen LogP contribution in [0, 0.1) is 5.82 Å². The van der Waals surface area contributed by atoms with Crippen LogP contribution in [0.25, 0.3) is 0 Å². The molecular formula is C21H24ClFN5O3S2+. The van der Waals surface area contributed by atoms with Crippen LogP contribution in [0.15, 0.2) is 46.1 Å². The molecule has 0 bridgehead atoms. The summed E-state index contributed by atoms with van der Waals surface area (Å²) in [6.07, 6.45) is 0.994. The lowest BCUT2D eigenvalue weighted by Crippen LogP contribution is -2.29. The number of thiazole rings is 1. The third-order valence-electron chi connectivity index (χ3n) is 5.41. The quantitative estimate of drug-likeness (QED) is 0.386. The molecule has 2 unspecified atom stereocenters. The Labute approximate surface area is 200 Å². The fourth-order valence-electron chi connectivity index (χ4n) is 3.66. The van der Waals surface area contributed by atoms with Gasteiger partial charge in [0.15, 0.2) is 16.5 Å². The number of methoxy groups -OCH3 is 1. The smallest absolute Gasteiger partial charge is 0.400 e. The van der Waals surface area contributed by atoms with Crippen LogP contribution < -0.4 is 25.0 Å². The van der Waals surface area contributed by atoms with Gasteiger partial charge in [-0.1, -0.05) is 11.6 Å². The highest BCUT2D eigenvalue weighted by Crippen LogP contribution is 2.37. The first-order valence-corrected chi connectivity index (χ1v) is 12.9. The van der Waals surface area contributed by atoms with E-state index in [4.69, 9.17) is 16.3 Å². The van der Waals surface area contributed by atoms with E-state index >= 15 is 0 Å². The summed E-state index contributed by atoms with van der Waals surface area (Å²) in [4.78, 5) is 5.67. The third kappa shape index (κ3) is 5.16. The number of halogens is 2. The van der Waals surface area contributed by atoms with E-state index in [2.05, 4.69) is 25.2 Å². The molecule has 0 radical (unpaired) electrons. The summed E-state index contributed by atoms with van der Waals surface area (Å²) in [5.74, 6) is 0.00594. The molecule has 4 N–H and O–H groups in total. The molecular weight excluding hydrogens is 489 g/mol. The molecule has 2 aromatic carbocycles. The number of hydrogen-bond donors (Lipinski definition) is 3. The Hall–Kier alpha value is -2.60. The van der Waals surface area contributed by atoms with Gasteiger partial charge in [0.25, 0.3) is 0 Å². The Balaban J connectivity index is 1.64. The Bertz CT molecular complexity index is 1240. The zero-order valence-corrected chi connectivity index (χ0v) is 20.4. The number of nitrogens with one attached hydrogen (secondary N) is 3. The average Bonchev–Trinajstić information content (AvgIpc) is 3.48. The first-order valence-electron chi connectivity index (χ1n) is 10.1. The van der Waals surface area contributed by atoms with Gasteiger partial charge < -0.3 is 20.3 Å². The van der Waals surface area contributed by atoms with Crippen molar-refractivity contribution in [3.63, 3.8) is 0 Å². The second-order valence-corrected chi connectivity index (χ2v) is 10.3. The van der Waals surface area contributed by atoms with E-state index in [1.165, 1.54) is 16.8 Å². The van der Waals surface area contributed by atoms with Gasteiger partial charge in [-0.05, 0) is 31.7 Å². The van der Waals surface area contributed by atoms with Crippen LogP contribution in [-0.4, -0.2) is 46.7 Å². The van der Waals surface area contributed by atoms with Gasteiger partial charge in [-0.3, -0.25) is 0 Å². The van der Waals surface area contributed by atoms with Crippen LogP contribution in [0.3, 0.4) is 0 Å². The van der Waals surface area contributed by atoms with E-state index in [0.717, 1.165) is 37.3 Å². The van der Waals surface area contributed by atoms with Crippen LogP contribution in [0.4, 0.5) is 27.3 Å². The van der Waals surface area contributed by atoms with Crippen molar-refractivity contribution in [2.24, 2.45) is 0 Å². The van der Waals surface area contributed by atoms with Crippen LogP contribution in [-0.2, 0) is 10.0 Å². The number of hydrogen-bond acceptors (Lipinski definition) is 7. The van der Waals surface area contributed by atoms with Gasteiger partial charge in [0.05, 0.1) is 34.7 Å². The van der Waals surface area contributed by atoms with Crippen LogP contribution in [0.2, 0.25) is 5.02 Å². The SMILES string of the molecule is CNC1CCN(c2cc(OC)ccc2Nc2cc(F)c(S(=O)(=[OH+])Nc3cscn3)cc2Cl)C1. The number of likely N-dealkylation sites (N-methyl/N-ethyl adjacent to an activating group) is 1. The van der Waals surface area contributed by atoms with E-state index in [0.29, 0.717) is 17.5 Å². The van der Waals surface area contributed by atoms with Gasteiger partial charge in [-0.25, -0.2) is 18.3 Å². The van der Waals surface area contributed by atoms with Crippen molar-refractivity contribution in [1.29, 1.82) is 0 Å². The number of anilines is 4. The molecule has 1 aliphatic heterocycles. The van der Waals surface area contributed by atoms with Crippen molar-refractivity contribution in [2.75, 3.05) is 42.2 Å². The molecule has 33 heavy (non-hydrogen) atoms. The monoisotopic (exact) mass is 512 g/mol. The number of benzene rings is 2. The van der Waals surface area contributed by atoms with Gasteiger partial charge in [0, 0.05) is 36.6 Å². The second kappa shape index (κ2) is 9.72. The molecule has 1 aromatic heterocycles. The molecule has 176 valence electrons. The van der Waals surface area contributed by atoms with E-state index in [1.54, 1.807) is 18.6 Å². The van der Waals surface area contributed by atoms with E-state index in [-0.39, 0.29) is 16.5 Å². The molecule has 0 amide bonds. The summed E-state index contributed by atoms with van der Waals surface area (Å²) in [6, 6.07) is 8.18. The molecule has 2 heterocycles. The van der Waals surface area contributed by atoms with Crippen molar-refractivity contribution in [1.82, 2.24) is 10.3 Å².